The number of hydrogen-bond donors (Lipinski definition) is 2. The predicted molar refractivity (Wildman–Crippen MR) is 139 cm³/mol. The molecule has 0 bridgehead atoms. The number of nitrogens with one attached hydrogen (secondary N) is 1. The van der Waals surface area contributed by atoms with Gasteiger partial charge in [-0.15, -0.1) is 0 Å². The summed E-state index contributed by atoms with van der Waals surface area (Å²) >= 11 is 12.2. The topological polar surface area (TPSA) is 89.7 Å². The summed E-state index contributed by atoms with van der Waals surface area (Å²) < 4.78 is 24.9. The van der Waals surface area contributed by atoms with E-state index in [0.717, 1.165) is 44.0 Å². The quantitative estimate of drug-likeness (QED) is 0.395. The van der Waals surface area contributed by atoms with Gasteiger partial charge in [0.2, 0.25) is 0 Å². The Balaban J connectivity index is 1.39. The molecule has 3 N–H and O–H groups in total. The Morgan fingerprint density at radius 2 is 1.97 bits per heavy atom. The highest BCUT2D eigenvalue weighted by atomic mass is 35.5. The van der Waals surface area contributed by atoms with E-state index < -0.39 is 5.82 Å². The summed E-state index contributed by atoms with van der Waals surface area (Å²) in [6.07, 6.45) is 1.91. The monoisotopic (exact) mass is 532 g/mol. The molecule has 0 aliphatic carbocycles. The first-order valence-electron chi connectivity index (χ1n) is 11.6. The standard InChI is InChI=1S/C26H27Cl2FN4O3/c27-21-4-5-22(29)24(28)20(21)6-11-36-23-15-19(16-32-25(23)30)17-2-1-3-18(14-17)26(34)31-7-8-33-9-12-35-13-10-33/h1-5,14-16H,6-13H2,(H2,30,32)(H,31,34). The fourth-order valence-corrected chi connectivity index (χ4v) is 4.44. The van der Waals surface area contributed by atoms with Crippen molar-refractivity contribution in [2.24, 2.45) is 0 Å². The van der Waals surface area contributed by atoms with Crippen LogP contribution < -0.4 is 15.8 Å². The average molecular weight is 533 g/mol. The summed E-state index contributed by atoms with van der Waals surface area (Å²) in [5, 5.41) is 3.32. The normalized spacial score (nSPS) is 14.0. The van der Waals surface area contributed by atoms with E-state index in [4.69, 9.17) is 38.4 Å². The molecule has 1 aliphatic rings. The lowest BCUT2D eigenvalue weighted by molar-refractivity contribution is 0.0383. The fraction of sp³-hybridized carbons (Fsp3) is 0.308. The van der Waals surface area contributed by atoms with Crippen LogP contribution in [0.25, 0.3) is 11.1 Å². The third kappa shape index (κ3) is 6.64. The van der Waals surface area contributed by atoms with Crippen molar-refractivity contribution < 1.29 is 18.7 Å². The van der Waals surface area contributed by atoms with Crippen LogP contribution in [0.4, 0.5) is 10.2 Å². The second-order valence-corrected chi connectivity index (χ2v) is 9.10. The van der Waals surface area contributed by atoms with Gasteiger partial charge in [-0.2, -0.15) is 0 Å². The Morgan fingerprint density at radius 1 is 1.17 bits per heavy atom. The second kappa shape index (κ2) is 12.4. The Morgan fingerprint density at radius 3 is 2.78 bits per heavy atom. The summed E-state index contributed by atoms with van der Waals surface area (Å²) in [5.74, 6) is -0.0955. The highest BCUT2D eigenvalue weighted by molar-refractivity contribution is 6.36. The van der Waals surface area contributed by atoms with E-state index in [1.807, 2.05) is 12.1 Å². The highest BCUT2D eigenvalue weighted by Gasteiger charge is 2.14. The number of ether oxygens (including phenoxy) is 2. The molecule has 0 saturated carbocycles. The molecule has 3 aromatic rings. The van der Waals surface area contributed by atoms with Gasteiger partial charge >= 0.3 is 0 Å². The molecule has 0 atom stereocenters. The summed E-state index contributed by atoms with van der Waals surface area (Å²) in [5.41, 5.74) is 8.55. The number of nitrogen functional groups attached to an aromatic ring is 1. The first-order chi connectivity index (χ1) is 17.4. The molecule has 2 heterocycles. The summed E-state index contributed by atoms with van der Waals surface area (Å²) in [4.78, 5) is 19.2. The predicted octanol–water partition coefficient (Wildman–Crippen LogP) is 4.46. The minimum absolute atomic E-state index is 0.0222. The van der Waals surface area contributed by atoms with Crippen LogP contribution in [0.1, 0.15) is 15.9 Å². The van der Waals surface area contributed by atoms with Gasteiger partial charge in [0.05, 0.1) is 24.8 Å². The molecule has 1 saturated heterocycles. The third-order valence-corrected chi connectivity index (χ3v) is 6.67. The van der Waals surface area contributed by atoms with Crippen LogP contribution in [0.2, 0.25) is 10.0 Å². The SMILES string of the molecule is Nc1ncc(-c2cccc(C(=O)NCCN3CCOCC3)c2)cc1OCCc1c(Cl)ccc(F)c1Cl. The number of rotatable bonds is 9. The number of amides is 1. The number of nitrogens with zero attached hydrogens (tertiary/aromatic N) is 2. The first-order valence-corrected chi connectivity index (χ1v) is 12.4. The minimum Gasteiger partial charge on any atom is -0.489 e. The number of pyridine rings is 1. The maximum atomic E-state index is 13.8. The number of carbonyl (C=O) groups excluding carboxylic acids is 1. The maximum absolute atomic E-state index is 13.8. The average Bonchev–Trinajstić information content (AvgIpc) is 2.90. The van der Waals surface area contributed by atoms with Crippen LogP contribution in [-0.2, 0) is 11.2 Å². The zero-order valence-corrected chi connectivity index (χ0v) is 21.1. The number of anilines is 1. The van der Waals surface area contributed by atoms with Crippen molar-refractivity contribution in [1.29, 1.82) is 0 Å². The molecule has 1 fully saturated rings. The molecule has 2 aromatic carbocycles. The van der Waals surface area contributed by atoms with E-state index in [1.165, 1.54) is 12.1 Å². The molecule has 0 unspecified atom stereocenters. The zero-order valence-electron chi connectivity index (χ0n) is 19.6. The van der Waals surface area contributed by atoms with Crippen molar-refractivity contribution in [3.8, 4) is 16.9 Å². The first kappa shape index (κ1) is 26.2. The fourth-order valence-electron chi connectivity index (χ4n) is 3.88. The van der Waals surface area contributed by atoms with Gasteiger partial charge in [0.15, 0.2) is 11.6 Å². The number of halogens is 3. The van der Waals surface area contributed by atoms with E-state index >= 15 is 0 Å². The van der Waals surface area contributed by atoms with Crippen molar-refractivity contribution in [1.82, 2.24) is 15.2 Å². The van der Waals surface area contributed by atoms with Gasteiger partial charge in [0.1, 0.15) is 5.82 Å². The summed E-state index contributed by atoms with van der Waals surface area (Å²) in [6, 6.07) is 11.7. The number of hydrogen-bond acceptors (Lipinski definition) is 6. The van der Waals surface area contributed by atoms with Crippen molar-refractivity contribution in [2.75, 3.05) is 51.7 Å². The molecule has 0 spiro atoms. The second-order valence-electron chi connectivity index (χ2n) is 8.32. The summed E-state index contributed by atoms with van der Waals surface area (Å²) in [6.45, 7) is 4.72. The minimum atomic E-state index is -0.538. The van der Waals surface area contributed by atoms with Gasteiger partial charge in [0, 0.05) is 54.9 Å². The van der Waals surface area contributed by atoms with Crippen molar-refractivity contribution in [3.05, 3.63) is 75.7 Å². The molecule has 7 nitrogen and oxygen atoms in total. The number of nitrogens with two attached hydrogens (primary N) is 1. The van der Waals surface area contributed by atoms with E-state index in [9.17, 15) is 9.18 Å². The highest BCUT2D eigenvalue weighted by Crippen LogP contribution is 2.30. The molecule has 1 amide bonds. The number of carbonyl (C=O) groups is 1. The number of morpholine rings is 1. The van der Waals surface area contributed by atoms with Gasteiger partial charge in [-0.25, -0.2) is 9.37 Å². The van der Waals surface area contributed by atoms with Crippen LogP contribution >= 0.6 is 23.2 Å². The third-order valence-electron chi connectivity index (χ3n) is 5.91. The zero-order chi connectivity index (χ0) is 25.5. The van der Waals surface area contributed by atoms with Gasteiger partial charge in [-0.05, 0) is 41.5 Å². The molecule has 0 radical (unpaired) electrons. The van der Waals surface area contributed by atoms with Crippen LogP contribution in [0.15, 0.2) is 48.7 Å². The molecule has 36 heavy (non-hydrogen) atoms. The smallest absolute Gasteiger partial charge is 0.251 e. The molecule has 10 heteroatoms. The lowest BCUT2D eigenvalue weighted by Gasteiger charge is -2.26. The largest absolute Gasteiger partial charge is 0.489 e. The van der Waals surface area contributed by atoms with E-state index in [1.54, 1.807) is 24.4 Å². The summed E-state index contributed by atoms with van der Waals surface area (Å²) in [7, 11) is 0. The van der Waals surface area contributed by atoms with Crippen LogP contribution in [0.5, 0.6) is 5.75 Å². The van der Waals surface area contributed by atoms with Gasteiger partial charge in [0.25, 0.3) is 5.91 Å². The van der Waals surface area contributed by atoms with Gasteiger partial charge in [-0.3, -0.25) is 9.69 Å². The molecule has 1 aromatic heterocycles. The Kier molecular flexibility index (Phi) is 8.98. The van der Waals surface area contributed by atoms with Crippen molar-refractivity contribution in [3.63, 3.8) is 0 Å². The molecule has 190 valence electrons. The van der Waals surface area contributed by atoms with Crippen LogP contribution in [0.3, 0.4) is 0 Å². The molecule has 1 aliphatic heterocycles. The van der Waals surface area contributed by atoms with Gasteiger partial charge in [-0.1, -0.05) is 35.3 Å². The number of aromatic nitrogens is 1. The van der Waals surface area contributed by atoms with Gasteiger partial charge < -0.3 is 20.5 Å². The molecular formula is C26H27Cl2FN4O3. The van der Waals surface area contributed by atoms with Crippen LogP contribution in [-0.4, -0.2) is 61.8 Å². The maximum Gasteiger partial charge on any atom is 0.251 e. The van der Waals surface area contributed by atoms with Crippen molar-refractivity contribution >= 4 is 34.9 Å². The van der Waals surface area contributed by atoms with Crippen LogP contribution in [0, 0.1) is 5.82 Å². The number of benzene rings is 2. The van der Waals surface area contributed by atoms with Crippen molar-refractivity contribution in [2.45, 2.75) is 6.42 Å². The van der Waals surface area contributed by atoms with E-state index in [2.05, 4.69) is 15.2 Å². The van der Waals surface area contributed by atoms with E-state index in [0.29, 0.717) is 34.9 Å². The van der Waals surface area contributed by atoms with E-state index in [-0.39, 0.29) is 23.4 Å². The molecular weight excluding hydrogens is 506 g/mol. The Bertz CT molecular complexity index is 1220. The lowest BCUT2D eigenvalue weighted by atomic mass is 10.0. The Hall–Kier alpha value is -2.91. The Labute approximate surface area is 219 Å². The molecule has 4 rings (SSSR count). The lowest BCUT2D eigenvalue weighted by Crippen LogP contribution is -2.41.